The van der Waals surface area contributed by atoms with Crippen LogP contribution in [0.4, 0.5) is 13.2 Å². The van der Waals surface area contributed by atoms with E-state index in [9.17, 15) is 18.4 Å². The van der Waals surface area contributed by atoms with Gasteiger partial charge in [-0.3, -0.25) is 0 Å². The average Bonchev–Trinajstić information content (AvgIpc) is 1.56. The molecule has 0 spiro atoms. The Bertz CT molecular complexity index is 6740. The van der Waals surface area contributed by atoms with Gasteiger partial charge >= 0.3 is 0 Å². The van der Waals surface area contributed by atoms with Crippen molar-refractivity contribution in [2.45, 2.75) is 216 Å². The van der Waals surface area contributed by atoms with Crippen molar-refractivity contribution in [2.24, 2.45) is 0 Å². The largest absolute Gasteiger partial charge is 0.308 e. The fourth-order valence-corrected chi connectivity index (χ4v) is 18.4. The number of benzene rings is 14. The van der Waals surface area contributed by atoms with Gasteiger partial charge < -0.3 is 13.7 Å². The molecule has 8 heteroatoms. The predicted octanol–water partition coefficient (Wildman–Crippen LogP) is 33.1. The van der Waals surface area contributed by atoms with E-state index in [1.54, 1.807) is 36.4 Å². The molecule has 1 aliphatic carbocycles. The minimum absolute atomic E-state index is 0.101. The fraction of sp³-hybridized carbons (Fsp3) is 0.277. The SMILES string of the molecule is CC(C)(C)c1ccc2c(c1)-c1cc(C(C)(C)C)ccc1C2.CC(C)(C)c1ccc2c(c1)c1cc(C(C)(C)C)ccc1n2-c1c(C#N)c(-n2c3ccc(C(C)(C)C)cc3c3cc(C(C)(C)C)ccc32)c(-c2ccccc2)c(-n2c3ccc(C(C)(C)C)cc3c3cc(C(C)(C)C)ccc32)c1-c1ccccc1.N#Cc1c(F)c(-c2ccccc2)c(F)c(-c2ccccc2)c1F. The van der Waals surface area contributed by atoms with Crippen LogP contribution in [-0.2, 0) is 49.7 Å². The molecule has 127 heavy (non-hydrogen) atoms. The van der Waals surface area contributed by atoms with Crippen LogP contribution < -0.4 is 0 Å². The molecule has 0 fully saturated rings. The van der Waals surface area contributed by atoms with E-state index in [4.69, 9.17) is 5.26 Å². The Morgan fingerprint density at radius 1 is 0.228 bits per heavy atom. The second-order valence-corrected chi connectivity index (χ2v) is 43.2. The number of aromatic nitrogens is 3. The van der Waals surface area contributed by atoms with E-state index in [0.717, 1.165) is 78.8 Å². The maximum absolute atomic E-state index is 14.9. The molecule has 14 aromatic carbocycles. The molecular formula is C119H118F3N5. The maximum atomic E-state index is 14.9. The molecule has 0 saturated carbocycles. The first kappa shape index (κ1) is 87.7. The van der Waals surface area contributed by atoms with E-state index in [2.05, 4.69) is 392 Å². The normalized spacial score (nSPS) is 12.8. The minimum Gasteiger partial charge on any atom is -0.308 e. The summed E-state index contributed by atoms with van der Waals surface area (Å²) in [4.78, 5) is 0. The van der Waals surface area contributed by atoms with Crippen molar-refractivity contribution in [1.82, 2.24) is 13.7 Å². The highest BCUT2D eigenvalue weighted by Gasteiger charge is 2.37. The number of rotatable bonds is 7. The van der Waals surface area contributed by atoms with Gasteiger partial charge in [-0.2, -0.15) is 10.5 Å². The second-order valence-electron chi connectivity index (χ2n) is 43.2. The highest BCUT2D eigenvalue weighted by Crippen LogP contribution is 2.54. The summed E-state index contributed by atoms with van der Waals surface area (Å²) in [5.41, 5.74) is 28.7. The van der Waals surface area contributed by atoms with E-state index in [1.807, 2.05) is 0 Å². The lowest BCUT2D eigenvalue weighted by Gasteiger charge is -2.29. The molecule has 17 aromatic rings. The molecule has 0 unspecified atom stereocenters. The summed E-state index contributed by atoms with van der Waals surface area (Å²) >= 11 is 0. The van der Waals surface area contributed by atoms with Gasteiger partial charge in [-0.05, 0) is 212 Å². The average molecular weight is 1680 g/mol. The molecule has 0 atom stereocenters. The van der Waals surface area contributed by atoms with Crippen molar-refractivity contribution in [3.63, 3.8) is 0 Å². The fourth-order valence-electron chi connectivity index (χ4n) is 18.4. The van der Waals surface area contributed by atoms with Crippen molar-refractivity contribution in [2.75, 3.05) is 0 Å². The molecule has 3 aromatic heterocycles. The number of hydrogen-bond acceptors (Lipinski definition) is 2. The van der Waals surface area contributed by atoms with Gasteiger partial charge in [0.15, 0.2) is 11.6 Å². The molecule has 0 radical (unpaired) electrons. The summed E-state index contributed by atoms with van der Waals surface area (Å²) in [6.45, 7) is 55.3. The second kappa shape index (κ2) is 32.0. The number of nitriles is 2. The lowest BCUT2D eigenvalue weighted by atomic mass is 9.83. The Balaban J connectivity index is 0.000000217. The Morgan fingerprint density at radius 2 is 0.433 bits per heavy atom. The first-order chi connectivity index (χ1) is 59.8. The molecule has 0 N–H and O–H groups in total. The van der Waals surface area contributed by atoms with Crippen LogP contribution >= 0.6 is 0 Å². The Morgan fingerprint density at radius 3 is 0.654 bits per heavy atom. The van der Waals surface area contributed by atoms with Gasteiger partial charge in [0.05, 0.1) is 61.3 Å². The van der Waals surface area contributed by atoms with E-state index < -0.39 is 34.1 Å². The Kier molecular flexibility index (Phi) is 22.1. The molecule has 18 rings (SSSR count). The van der Waals surface area contributed by atoms with Gasteiger partial charge in [0.1, 0.15) is 29.1 Å². The standard InChI is InChI=1S/C79H82N4.C21H26.C19H10F3N/c1-74(2,3)50-29-35-63-56(41-50)57-42-51(75(4,5)6)30-36-64(57)81(63)71-62(47-80)72(82-65-37-31-52(76(7,8)9)43-58(65)59-44-53(77(10,11)12)32-38-66(59)82)70(49-27-23-20-24-28-49)73(69(71)48-25-21-19-22-26-48)83-67-39-33-54(78(13,14)15)45-60(67)61-46-55(79(16,17)18)34-40-68(61)83;1-20(2,3)16-9-7-14-11-15-8-10-17(21(4,5)6)13-19(15)18(14)12-16;20-17-14(11-23)18(21)16(13-9-5-2-6-10-13)19(22)15(17)12-7-3-1-4-8-12/h19-46H,1-18H3;7-10,12-13H,11H2,1-6H3;1-10H. The molecule has 3 heterocycles. The van der Waals surface area contributed by atoms with E-state index >= 15 is 0 Å². The highest BCUT2D eigenvalue weighted by atomic mass is 19.1. The summed E-state index contributed by atoms with van der Waals surface area (Å²) in [5.74, 6) is -3.39. The summed E-state index contributed by atoms with van der Waals surface area (Å²) in [6.07, 6.45) is 1.08. The third kappa shape index (κ3) is 16.1. The van der Waals surface area contributed by atoms with Gasteiger partial charge in [0, 0.05) is 43.4 Å². The first-order valence-corrected chi connectivity index (χ1v) is 44.8. The van der Waals surface area contributed by atoms with Crippen LogP contribution in [0.2, 0.25) is 0 Å². The summed E-state index contributed by atoms with van der Waals surface area (Å²) < 4.78 is 51.4. The van der Waals surface area contributed by atoms with Crippen molar-refractivity contribution in [3.05, 3.63) is 351 Å². The lowest BCUT2D eigenvalue weighted by molar-refractivity contribution is 0.548. The number of halogens is 3. The van der Waals surface area contributed by atoms with Crippen LogP contribution in [0.15, 0.2) is 267 Å². The van der Waals surface area contributed by atoms with E-state index in [-0.39, 0.29) is 54.4 Å². The van der Waals surface area contributed by atoms with Crippen molar-refractivity contribution in [1.29, 1.82) is 10.5 Å². The quantitative estimate of drug-likeness (QED) is 0.160. The zero-order valence-electron chi connectivity index (χ0n) is 78.5. The van der Waals surface area contributed by atoms with Crippen molar-refractivity contribution in [3.8, 4) is 84.8 Å². The van der Waals surface area contributed by atoms with Crippen molar-refractivity contribution < 1.29 is 13.2 Å². The van der Waals surface area contributed by atoms with Gasteiger partial charge in [-0.15, -0.1) is 0 Å². The number of nitrogens with zero attached hydrogens (tertiary/aromatic N) is 5. The third-order valence-electron chi connectivity index (χ3n) is 26.0. The zero-order valence-corrected chi connectivity index (χ0v) is 78.5. The van der Waals surface area contributed by atoms with Crippen LogP contribution in [0, 0.1) is 40.1 Å². The smallest absolute Gasteiger partial charge is 0.154 e. The molecule has 640 valence electrons. The minimum atomic E-state index is -1.19. The zero-order chi connectivity index (χ0) is 91.1. The summed E-state index contributed by atoms with van der Waals surface area (Å²) in [5, 5.41) is 29.1. The van der Waals surface area contributed by atoms with Crippen LogP contribution in [0.5, 0.6) is 0 Å². The monoisotopic (exact) mass is 1670 g/mol. The number of hydrogen-bond donors (Lipinski definition) is 0. The van der Waals surface area contributed by atoms with E-state index in [0.29, 0.717) is 5.56 Å². The molecule has 0 saturated heterocycles. The molecule has 0 bridgehead atoms. The number of fused-ring (bicyclic) bond motifs is 12. The predicted molar refractivity (Wildman–Crippen MR) is 531 cm³/mol. The van der Waals surface area contributed by atoms with Crippen LogP contribution in [0.25, 0.3) is 138 Å². The maximum Gasteiger partial charge on any atom is 0.154 e. The highest BCUT2D eigenvalue weighted by molar-refractivity contribution is 6.17. The topological polar surface area (TPSA) is 62.4 Å². The molecule has 0 aliphatic heterocycles. The summed E-state index contributed by atoms with van der Waals surface area (Å²) in [6, 6.07) is 99.1. The van der Waals surface area contributed by atoms with Crippen LogP contribution in [0.3, 0.4) is 0 Å². The Labute approximate surface area is 749 Å². The third-order valence-corrected chi connectivity index (χ3v) is 26.0. The molecule has 1 aliphatic rings. The molecule has 0 amide bonds. The van der Waals surface area contributed by atoms with Gasteiger partial charge in [-0.25, -0.2) is 13.2 Å². The first-order valence-electron chi connectivity index (χ1n) is 44.8. The van der Waals surface area contributed by atoms with Gasteiger partial charge in [0.2, 0.25) is 0 Å². The molecular weight excluding hydrogens is 1560 g/mol. The van der Waals surface area contributed by atoms with Crippen LogP contribution in [-0.4, -0.2) is 13.7 Å². The molecule has 5 nitrogen and oxygen atoms in total. The van der Waals surface area contributed by atoms with Gasteiger partial charge in [-0.1, -0.05) is 360 Å². The Hall–Kier alpha value is -12.8. The van der Waals surface area contributed by atoms with Crippen LogP contribution in [0.1, 0.15) is 233 Å². The lowest BCUT2D eigenvalue weighted by Crippen LogP contribution is -2.14. The van der Waals surface area contributed by atoms with E-state index in [1.165, 1.54) is 129 Å². The summed E-state index contributed by atoms with van der Waals surface area (Å²) in [7, 11) is 0. The van der Waals surface area contributed by atoms with Gasteiger partial charge in [0.25, 0.3) is 0 Å². The van der Waals surface area contributed by atoms with Crippen molar-refractivity contribution >= 4 is 65.4 Å².